The molecule has 2 aromatic carbocycles. The maximum atomic E-state index is 10.2. The SMILES string of the molecule is Cc1cc(C2CC(O)c3ccccc3O2)ccc1Br. The first-order chi connectivity index (χ1) is 9.15. The fourth-order valence-electron chi connectivity index (χ4n) is 2.47. The van der Waals surface area contributed by atoms with Crippen molar-refractivity contribution in [2.24, 2.45) is 0 Å². The predicted octanol–water partition coefficient (Wildman–Crippen LogP) is 4.31. The Morgan fingerprint density at radius 1 is 1.21 bits per heavy atom. The molecule has 0 saturated heterocycles. The zero-order valence-corrected chi connectivity index (χ0v) is 12.2. The third-order valence-electron chi connectivity index (χ3n) is 3.54. The molecule has 98 valence electrons. The Morgan fingerprint density at radius 2 is 2.00 bits per heavy atom. The van der Waals surface area contributed by atoms with Gasteiger partial charge in [0.2, 0.25) is 0 Å². The quantitative estimate of drug-likeness (QED) is 0.848. The van der Waals surface area contributed by atoms with E-state index in [0.29, 0.717) is 6.42 Å². The number of ether oxygens (including phenoxy) is 1. The molecule has 2 aromatic rings. The van der Waals surface area contributed by atoms with Crippen molar-refractivity contribution in [2.75, 3.05) is 0 Å². The van der Waals surface area contributed by atoms with E-state index in [4.69, 9.17) is 4.74 Å². The molecule has 0 aliphatic carbocycles. The van der Waals surface area contributed by atoms with Gasteiger partial charge in [0.05, 0.1) is 6.10 Å². The standard InChI is InChI=1S/C16H15BrO2/c1-10-8-11(6-7-13(10)17)16-9-14(18)12-4-2-3-5-15(12)19-16/h2-8,14,16,18H,9H2,1H3. The second kappa shape index (κ2) is 4.99. The summed E-state index contributed by atoms with van der Waals surface area (Å²) in [6.07, 6.45) is 0.0496. The largest absolute Gasteiger partial charge is 0.485 e. The fourth-order valence-corrected chi connectivity index (χ4v) is 2.71. The molecule has 2 unspecified atom stereocenters. The summed E-state index contributed by atoms with van der Waals surface area (Å²) in [7, 11) is 0. The number of benzene rings is 2. The number of aliphatic hydroxyl groups excluding tert-OH is 1. The van der Waals surface area contributed by atoms with Crippen LogP contribution in [0.15, 0.2) is 46.9 Å². The van der Waals surface area contributed by atoms with Crippen molar-refractivity contribution in [2.45, 2.75) is 25.6 Å². The molecular formula is C16H15BrO2. The Bertz CT molecular complexity index is 609. The fraction of sp³-hybridized carbons (Fsp3) is 0.250. The molecule has 0 bridgehead atoms. The third kappa shape index (κ3) is 2.40. The van der Waals surface area contributed by atoms with Gasteiger partial charge in [0.25, 0.3) is 0 Å². The summed E-state index contributed by atoms with van der Waals surface area (Å²) in [6, 6.07) is 13.9. The van der Waals surface area contributed by atoms with Crippen LogP contribution in [0, 0.1) is 6.92 Å². The average Bonchev–Trinajstić information content (AvgIpc) is 2.42. The van der Waals surface area contributed by atoms with Crippen LogP contribution in [0.25, 0.3) is 0 Å². The van der Waals surface area contributed by atoms with Gasteiger partial charge in [0.1, 0.15) is 11.9 Å². The molecule has 1 aliphatic heterocycles. The van der Waals surface area contributed by atoms with Gasteiger partial charge in [-0.2, -0.15) is 0 Å². The van der Waals surface area contributed by atoms with Crippen molar-refractivity contribution in [3.8, 4) is 5.75 Å². The Labute approximate surface area is 121 Å². The number of fused-ring (bicyclic) bond motifs is 1. The van der Waals surface area contributed by atoms with Crippen LogP contribution in [0.5, 0.6) is 5.75 Å². The maximum Gasteiger partial charge on any atom is 0.127 e. The lowest BCUT2D eigenvalue weighted by atomic mass is 9.94. The molecule has 0 saturated carbocycles. The monoisotopic (exact) mass is 318 g/mol. The molecule has 2 atom stereocenters. The van der Waals surface area contributed by atoms with Crippen molar-refractivity contribution in [3.05, 3.63) is 63.6 Å². The zero-order chi connectivity index (χ0) is 13.4. The number of rotatable bonds is 1. The van der Waals surface area contributed by atoms with Gasteiger partial charge in [-0.3, -0.25) is 0 Å². The molecule has 0 radical (unpaired) electrons. The second-order valence-electron chi connectivity index (χ2n) is 4.90. The van der Waals surface area contributed by atoms with Crippen molar-refractivity contribution in [1.29, 1.82) is 0 Å². The van der Waals surface area contributed by atoms with Crippen LogP contribution >= 0.6 is 15.9 Å². The molecule has 2 nitrogen and oxygen atoms in total. The van der Waals surface area contributed by atoms with Gasteiger partial charge in [0, 0.05) is 16.5 Å². The van der Waals surface area contributed by atoms with Gasteiger partial charge in [-0.15, -0.1) is 0 Å². The first-order valence-corrected chi connectivity index (χ1v) is 7.14. The van der Waals surface area contributed by atoms with Crippen molar-refractivity contribution in [3.63, 3.8) is 0 Å². The van der Waals surface area contributed by atoms with Crippen LogP contribution in [0.3, 0.4) is 0 Å². The van der Waals surface area contributed by atoms with E-state index >= 15 is 0 Å². The highest BCUT2D eigenvalue weighted by Gasteiger charge is 2.27. The van der Waals surface area contributed by atoms with Gasteiger partial charge in [-0.25, -0.2) is 0 Å². The van der Waals surface area contributed by atoms with Crippen molar-refractivity contribution < 1.29 is 9.84 Å². The lowest BCUT2D eigenvalue weighted by molar-refractivity contribution is 0.0657. The number of hydrogen-bond donors (Lipinski definition) is 1. The van der Waals surface area contributed by atoms with E-state index in [-0.39, 0.29) is 6.10 Å². The minimum atomic E-state index is -0.459. The van der Waals surface area contributed by atoms with Crippen LogP contribution < -0.4 is 4.74 Å². The molecule has 1 heterocycles. The van der Waals surface area contributed by atoms with E-state index in [1.807, 2.05) is 36.4 Å². The Kier molecular flexibility index (Phi) is 3.33. The molecule has 3 rings (SSSR count). The van der Waals surface area contributed by atoms with Crippen LogP contribution in [-0.2, 0) is 0 Å². The lowest BCUT2D eigenvalue weighted by Gasteiger charge is -2.30. The predicted molar refractivity (Wildman–Crippen MR) is 78.3 cm³/mol. The second-order valence-corrected chi connectivity index (χ2v) is 5.76. The number of hydrogen-bond acceptors (Lipinski definition) is 2. The van der Waals surface area contributed by atoms with E-state index in [1.165, 1.54) is 5.56 Å². The normalized spacial score (nSPS) is 21.6. The molecular weight excluding hydrogens is 304 g/mol. The van der Waals surface area contributed by atoms with Crippen LogP contribution in [-0.4, -0.2) is 5.11 Å². The summed E-state index contributed by atoms with van der Waals surface area (Å²) in [4.78, 5) is 0. The van der Waals surface area contributed by atoms with Crippen LogP contribution in [0.2, 0.25) is 0 Å². The Hall–Kier alpha value is -1.32. The molecule has 0 fully saturated rings. The molecule has 1 N–H and O–H groups in total. The van der Waals surface area contributed by atoms with E-state index in [1.54, 1.807) is 0 Å². The minimum Gasteiger partial charge on any atom is -0.485 e. The summed E-state index contributed by atoms with van der Waals surface area (Å²) in [5.74, 6) is 0.784. The van der Waals surface area contributed by atoms with E-state index < -0.39 is 6.10 Å². The first-order valence-electron chi connectivity index (χ1n) is 6.35. The van der Waals surface area contributed by atoms with Gasteiger partial charge in [0.15, 0.2) is 0 Å². The molecule has 0 aromatic heterocycles. The summed E-state index contributed by atoms with van der Waals surface area (Å²) < 4.78 is 7.10. The average molecular weight is 319 g/mol. The summed E-state index contributed by atoms with van der Waals surface area (Å²) in [6.45, 7) is 2.06. The first kappa shape index (κ1) is 12.7. The summed E-state index contributed by atoms with van der Waals surface area (Å²) >= 11 is 3.50. The van der Waals surface area contributed by atoms with E-state index in [2.05, 4.69) is 28.9 Å². The van der Waals surface area contributed by atoms with Crippen molar-refractivity contribution in [1.82, 2.24) is 0 Å². The maximum absolute atomic E-state index is 10.2. The molecule has 1 aliphatic rings. The summed E-state index contributed by atoms with van der Waals surface area (Å²) in [5, 5.41) is 10.2. The lowest BCUT2D eigenvalue weighted by Crippen LogP contribution is -2.19. The van der Waals surface area contributed by atoms with E-state index in [9.17, 15) is 5.11 Å². The number of aliphatic hydroxyl groups is 1. The highest BCUT2D eigenvalue weighted by atomic mass is 79.9. The Balaban J connectivity index is 1.94. The van der Waals surface area contributed by atoms with Gasteiger partial charge in [-0.1, -0.05) is 46.3 Å². The Morgan fingerprint density at radius 3 is 2.79 bits per heavy atom. The zero-order valence-electron chi connectivity index (χ0n) is 10.6. The van der Waals surface area contributed by atoms with Gasteiger partial charge >= 0.3 is 0 Å². The smallest absolute Gasteiger partial charge is 0.127 e. The molecule has 0 spiro atoms. The highest BCUT2D eigenvalue weighted by molar-refractivity contribution is 9.10. The number of aryl methyl sites for hydroxylation is 1. The van der Waals surface area contributed by atoms with Gasteiger partial charge < -0.3 is 9.84 Å². The van der Waals surface area contributed by atoms with Crippen molar-refractivity contribution >= 4 is 15.9 Å². The molecule has 0 amide bonds. The topological polar surface area (TPSA) is 29.5 Å². The highest BCUT2D eigenvalue weighted by Crippen LogP contribution is 2.40. The van der Waals surface area contributed by atoms with Crippen LogP contribution in [0.1, 0.15) is 35.3 Å². The van der Waals surface area contributed by atoms with E-state index in [0.717, 1.165) is 21.3 Å². The molecule has 19 heavy (non-hydrogen) atoms. The molecule has 3 heteroatoms. The van der Waals surface area contributed by atoms with Crippen LogP contribution in [0.4, 0.5) is 0 Å². The minimum absolute atomic E-state index is 0.0864. The third-order valence-corrected chi connectivity index (χ3v) is 4.43. The summed E-state index contributed by atoms with van der Waals surface area (Å²) in [5.41, 5.74) is 3.16. The van der Waals surface area contributed by atoms with Gasteiger partial charge in [-0.05, 0) is 30.2 Å². The number of para-hydroxylation sites is 1. The number of halogens is 1.